The van der Waals surface area contributed by atoms with Gasteiger partial charge in [-0.25, -0.2) is 19.4 Å². The lowest BCUT2D eigenvalue weighted by Gasteiger charge is -2.28. The molecule has 0 amide bonds. The second kappa shape index (κ2) is 6.23. The van der Waals surface area contributed by atoms with Crippen molar-refractivity contribution in [3.8, 4) is 0 Å². The van der Waals surface area contributed by atoms with Crippen LogP contribution in [-0.4, -0.2) is 21.6 Å². The number of halogens is 2. The molecule has 2 heterocycles. The fourth-order valence-electron chi connectivity index (χ4n) is 2.65. The summed E-state index contributed by atoms with van der Waals surface area (Å²) in [7, 11) is 0. The molecule has 0 aromatic heterocycles. The topological polar surface area (TPSA) is 82.6 Å². The molecule has 6 nitrogen and oxygen atoms in total. The van der Waals surface area contributed by atoms with Gasteiger partial charge in [0.1, 0.15) is 11.5 Å². The third-order valence-corrected chi connectivity index (χ3v) is 4.24. The summed E-state index contributed by atoms with van der Waals surface area (Å²) in [4.78, 5) is 4.58. The van der Waals surface area contributed by atoms with Crippen LogP contribution in [0.25, 0.3) is 0 Å². The molecule has 0 atom stereocenters. The van der Waals surface area contributed by atoms with Crippen molar-refractivity contribution in [2.45, 2.75) is 0 Å². The van der Waals surface area contributed by atoms with Crippen molar-refractivity contribution >= 4 is 38.7 Å². The molecule has 0 unspecified atom stereocenters. The number of alkyl halides is 1. The largest absolute Gasteiger partial charge is 0.492 e. The Morgan fingerprint density at radius 1 is 1.08 bits per heavy atom. The quantitative estimate of drug-likeness (QED) is 0.769. The number of allylic oxidation sites excluding steroid dienone is 1. The number of benzene rings is 2. The Morgan fingerprint density at radius 3 is 2.50 bits per heavy atom. The number of anilines is 2. The number of hydrazine groups is 2. The number of aliphatic hydroxyl groups excluding tert-OH is 1. The number of nitrogens with one attached hydrogen (secondary N) is 1. The SMILES string of the molecule is O.OC1=C2C(CBr)=Nc3ccccc3N2NN1c1ccc(F)cc1. The summed E-state index contributed by atoms with van der Waals surface area (Å²) in [6, 6.07) is 13.5. The first-order valence-electron chi connectivity index (χ1n) is 6.97. The van der Waals surface area contributed by atoms with Gasteiger partial charge in [-0.2, -0.15) is 0 Å². The summed E-state index contributed by atoms with van der Waals surface area (Å²) >= 11 is 3.41. The normalized spacial score (nSPS) is 15.7. The summed E-state index contributed by atoms with van der Waals surface area (Å²) in [5.74, 6) is -0.310. The van der Waals surface area contributed by atoms with Crippen LogP contribution in [0.2, 0.25) is 0 Å². The number of rotatable bonds is 2. The van der Waals surface area contributed by atoms with Gasteiger partial charge in [-0.15, -0.1) is 5.53 Å². The standard InChI is InChI=1S/C16H12BrFN4O.H2O/c17-9-13-15-16(23)21(11-7-5-10(18)6-8-11)20-22(15)14-4-2-1-3-12(14)19-13;/h1-8,20,23H,9H2;1H2. The molecule has 4 N–H and O–H groups in total. The minimum Gasteiger partial charge on any atom is -0.492 e. The molecule has 2 aromatic rings. The zero-order chi connectivity index (χ0) is 16.0. The van der Waals surface area contributed by atoms with Crippen LogP contribution in [-0.2, 0) is 0 Å². The van der Waals surface area contributed by atoms with Gasteiger partial charge < -0.3 is 10.6 Å². The van der Waals surface area contributed by atoms with Crippen LogP contribution in [0.3, 0.4) is 0 Å². The van der Waals surface area contributed by atoms with Crippen LogP contribution in [0.15, 0.2) is 65.1 Å². The zero-order valence-electron chi connectivity index (χ0n) is 12.4. The Bertz CT molecular complexity index is 838. The second-order valence-corrected chi connectivity index (χ2v) is 5.66. The van der Waals surface area contributed by atoms with Crippen molar-refractivity contribution in [2.75, 3.05) is 15.3 Å². The van der Waals surface area contributed by atoms with E-state index in [0.717, 1.165) is 11.4 Å². The van der Waals surface area contributed by atoms with E-state index in [1.54, 1.807) is 17.1 Å². The first-order valence-corrected chi connectivity index (χ1v) is 8.09. The zero-order valence-corrected chi connectivity index (χ0v) is 14.0. The van der Waals surface area contributed by atoms with E-state index in [-0.39, 0.29) is 17.2 Å². The molecule has 8 heteroatoms. The molecule has 2 aromatic carbocycles. The summed E-state index contributed by atoms with van der Waals surface area (Å²) in [6.45, 7) is 0. The maximum Gasteiger partial charge on any atom is 0.236 e. The summed E-state index contributed by atoms with van der Waals surface area (Å²) in [6.07, 6.45) is 0. The van der Waals surface area contributed by atoms with E-state index in [9.17, 15) is 9.50 Å². The first kappa shape index (κ1) is 16.4. The second-order valence-electron chi connectivity index (χ2n) is 5.10. The number of hydrogen-bond acceptors (Lipinski definition) is 5. The molecule has 24 heavy (non-hydrogen) atoms. The molecular formula is C16H14BrFN4O2. The fraction of sp³-hybridized carbons (Fsp3) is 0.0625. The van der Waals surface area contributed by atoms with Crippen molar-refractivity contribution in [2.24, 2.45) is 4.99 Å². The molecule has 124 valence electrons. The van der Waals surface area contributed by atoms with Gasteiger partial charge in [-0.1, -0.05) is 28.1 Å². The Balaban J connectivity index is 0.00000169. The monoisotopic (exact) mass is 392 g/mol. The summed E-state index contributed by atoms with van der Waals surface area (Å²) in [5, 5.41) is 14.4. The molecule has 0 radical (unpaired) electrons. The molecule has 0 spiro atoms. The highest BCUT2D eigenvalue weighted by Crippen LogP contribution is 2.39. The van der Waals surface area contributed by atoms with Crippen LogP contribution in [0, 0.1) is 5.82 Å². The number of fused-ring (bicyclic) bond motifs is 3. The molecule has 2 aliphatic heterocycles. The maximum atomic E-state index is 13.1. The fourth-order valence-corrected chi connectivity index (χ4v) is 3.04. The summed E-state index contributed by atoms with van der Waals surface area (Å²) < 4.78 is 13.1. The van der Waals surface area contributed by atoms with E-state index in [0.29, 0.717) is 22.4 Å². The van der Waals surface area contributed by atoms with Gasteiger partial charge in [0.15, 0.2) is 0 Å². The van der Waals surface area contributed by atoms with E-state index in [4.69, 9.17) is 0 Å². The minimum absolute atomic E-state index is 0. The number of nitrogens with zero attached hydrogens (tertiary/aromatic N) is 3. The Hall–Kier alpha value is -2.42. The van der Waals surface area contributed by atoms with Gasteiger partial charge in [0, 0.05) is 5.33 Å². The Kier molecular flexibility index (Phi) is 4.27. The lowest BCUT2D eigenvalue weighted by molar-refractivity contribution is 0.389. The van der Waals surface area contributed by atoms with Gasteiger partial charge in [0.05, 0.1) is 22.8 Å². The van der Waals surface area contributed by atoms with Gasteiger partial charge in [0.2, 0.25) is 5.88 Å². The smallest absolute Gasteiger partial charge is 0.236 e. The highest BCUT2D eigenvalue weighted by atomic mass is 79.9. The van der Waals surface area contributed by atoms with Crippen molar-refractivity contribution in [3.05, 3.63) is 65.9 Å². The van der Waals surface area contributed by atoms with Crippen LogP contribution in [0.4, 0.5) is 21.5 Å². The number of hydrogen-bond donors (Lipinski definition) is 2. The summed E-state index contributed by atoms with van der Waals surface area (Å²) in [5.41, 5.74) is 6.67. The van der Waals surface area contributed by atoms with E-state index in [2.05, 4.69) is 26.5 Å². The van der Waals surface area contributed by atoms with Gasteiger partial charge in [0.25, 0.3) is 0 Å². The van der Waals surface area contributed by atoms with E-state index < -0.39 is 0 Å². The maximum absolute atomic E-state index is 13.1. The first-order chi connectivity index (χ1) is 11.2. The van der Waals surface area contributed by atoms with E-state index >= 15 is 0 Å². The van der Waals surface area contributed by atoms with Crippen LogP contribution in [0.1, 0.15) is 0 Å². The molecule has 0 fully saturated rings. The molecule has 0 bridgehead atoms. The molecule has 0 saturated heterocycles. The Labute approximate surface area is 145 Å². The highest BCUT2D eigenvalue weighted by Gasteiger charge is 2.37. The van der Waals surface area contributed by atoms with Crippen molar-refractivity contribution in [3.63, 3.8) is 0 Å². The van der Waals surface area contributed by atoms with Crippen LogP contribution < -0.4 is 15.6 Å². The minimum atomic E-state index is -0.328. The van der Waals surface area contributed by atoms with Gasteiger partial charge in [-0.05, 0) is 36.4 Å². The predicted molar refractivity (Wildman–Crippen MR) is 95.1 cm³/mol. The third kappa shape index (κ3) is 2.44. The molecule has 2 aliphatic rings. The molecule has 0 aliphatic carbocycles. The van der Waals surface area contributed by atoms with E-state index in [1.807, 2.05) is 24.3 Å². The Morgan fingerprint density at radius 2 is 1.79 bits per heavy atom. The van der Waals surface area contributed by atoms with Gasteiger partial charge in [-0.3, -0.25) is 0 Å². The lowest BCUT2D eigenvalue weighted by atomic mass is 10.1. The average molecular weight is 393 g/mol. The molecule has 0 saturated carbocycles. The predicted octanol–water partition coefficient (Wildman–Crippen LogP) is 2.96. The number of para-hydroxylation sites is 2. The highest BCUT2D eigenvalue weighted by molar-refractivity contribution is 9.09. The molecular weight excluding hydrogens is 379 g/mol. The lowest BCUT2D eigenvalue weighted by Crippen LogP contribution is -2.43. The number of aliphatic imine (C=N–C) groups is 1. The van der Waals surface area contributed by atoms with Crippen molar-refractivity contribution < 1.29 is 15.0 Å². The van der Waals surface area contributed by atoms with Crippen LogP contribution >= 0.6 is 15.9 Å². The average Bonchev–Trinajstić information content (AvgIpc) is 2.93. The molecule has 4 rings (SSSR count). The van der Waals surface area contributed by atoms with Gasteiger partial charge >= 0.3 is 0 Å². The number of aliphatic hydroxyl groups is 1. The third-order valence-electron chi connectivity index (χ3n) is 3.71. The van der Waals surface area contributed by atoms with Crippen molar-refractivity contribution in [1.82, 2.24) is 5.53 Å². The van der Waals surface area contributed by atoms with E-state index in [1.165, 1.54) is 17.1 Å². The van der Waals surface area contributed by atoms with Crippen LogP contribution in [0.5, 0.6) is 0 Å². The van der Waals surface area contributed by atoms with Crippen molar-refractivity contribution in [1.29, 1.82) is 0 Å².